The van der Waals surface area contributed by atoms with Gasteiger partial charge in [0.1, 0.15) is 5.52 Å². The van der Waals surface area contributed by atoms with Gasteiger partial charge in [0.2, 0.25) is 0 Å². The number of phenolic OH excluding ortho intramolecular Hbond substituents is 1. The van der Waals surface area contributed by atoms with Gasteiger partial charge in [0.05, 0.1) is 5.52 Å². The van der Waals surface area contributed by atoms with Crippen LogP contribution in [0.15, 0.2) is 12.1 Å². The van der Waals surface area contributed by atoms with E-state index >= 15 is 0 Å². The highest BCUT2D eigenvalue weighted by molar-refractivity contribution is 5.76. The molecule has 0 saturated heterocycles. The predicted octanol–water partition coefficient (Wildman–Crippen LogP) is 1.30. The minimum atomic E-state index is -0.649. The van der Waals surface area contributed by atoms with Gasteiger partial charge in [-0.1, -0.05) is 5.21 Å². The van der Waals surface area contributed by atoms with Gasteiger partial charge in [-0.25, -0.2) is 9.07 Å². The molecule has 2 aromatic rings. The summed E-state index contributed by atoms with van der Waals surface area (Å²) in [6.45, 7) is 2.51. The molecule has 4 nitrogen and oxygen atoms in total. The quantitative estimate of drug-likeness (QED) is 0.721. The average molecular weight is 181 g/mol. The van der Waals surface area contributed by atoms with Crippen LogP contribution in [0.4, 0.5) is 4.39 Å². The van der Waals surface area contributed by atoms with E-state index in [9.17, 15) is 4.39 Å². The Morgan fingerprint density at radius 2 is 2.31 bits per heavy atom. The van der Waals surface area contributed by atoms with Gasteiger partial charge in [-0.15, -0.1) is 5.10 Å². The molecule has 5 heteroatoms. The molecule has 2 rings (SSSR count). The zero-order valence-corrected chi connectivity index (χ0v) is 7.03. The number of aromatic nitrogens is 3. The Kier molecular flexibility index (Phi) is 1.65. The molecule has 0 spiro atoms. The third-order valence-electron chi connectivity index (χ3n) is 1.88. The fourth-order valence-corrected chi connectivity index (χ4v) is 1.21. The summed E-state index contributed by atoms with van der Waals surface area (Å²) in [6.07, 6.45) is 0. The molecule has 0 amide bonds. The van der Waals surface area contributed by atoms with E-state index < -0.39 is 11.6 Å². The van der Waals surface area contributed by atoms with E-state index in [0.717, 1.165) is 0 Å². The van der Waals surface area contributed by atoms with Crippen molar-refractivity contribution in [1.29, 1.82) is 0 Å². The van der Waals surface area contributed by atoms with Crippen molar-refractivity contribution in [3.05, 3.63) is 17.9 Å². The van der Waals surface area contributed by atoms with Crippen LogP contribution in [0.2, 0.25) is 0 Å². The fraction of sp³-hybridized carbons (Fsp3) is 0.250. The molecule has 1 aromatic carbocycles. The second kappa shape index (κ2) is 2.69. The SMILES string of the molecule is CCn1nnc2cc(O)c(F)cc21. The van der Waals surface area contributed by atoms with Gasteiger partial charge in [-0.3, -0.25) is 0 Å². The lowest BCUT2D eigenvalue weighted by Crippen LogP contribution is -1.95. The third kappa shape index (κ3) is 1.12. The highest BCUT2D eigenvalue weighted by Gasteiger charge is 2.08. The van der Waals surface area contributed by atoms with Crippen LogP contribution in [0, 0.1) is 5.82 Å². The third-order valence-corrected chi connectivity index (χ3v) is 1.88. The zero-order chi connectivity index (χ0) is 9.42. The van der Waals surface area contributed by atoms with E-state index in [1.54, 1.807) is 4.68 Å². The molecule has 0 saturated carbocycles. The lowest BCUT2D eigenvalue weighted by Gasteiger charge is -1.97. The summed E-state index contributed by atoms with van der Waals surface area (Å²) >= 11 is 0. The van der Waals surface area contributed by atoms with Crippen molar-refractivity contribution in [2.24, 2.45) is 0 Å². The van der Waals surface area contributed by atoms with E-state index in [4.69, 9.17) is 5.11 Å². The monoisotopic (exact) mass is 181 g/mol. The molecular weight excluding hydrogens is 173 g/mol. The minimum Gasteiger partial charge on any atom is -0.505 e. The summed E-state index contributed by atoms with van der Waals surface area (Å²) in [4.78, 5) is 0. The molecule has 1 heterocycles. The average Bonchev–Trinajstić information content (AvgIpc) is 2.48. The summed E-state index contributed by atoms with van der Waals surface area (Å²) in [7, 11) is 0. The molecule has 0 aliphatic heterocycles. The molecule has 0 aliphatic rings. The molecule has 68 valence electrons. The molecular formula is C8H8FN3O. The van der Waals surface area contributed by atoms with Crippen LogP contribution in [0.5, 0.6) is 5.75 Å². The van der Waals surface area contributed by atoms with Crippen molar-refractivity contribution in [2.45, 2.75) is 13.5 Å². The number of rotatable bonds is 1. The van der Waals surface area contributed by atoms with Crippen LogP contribution in [0.3, 0.4) is 0 Å². The van der Waals surface area contributed by atoms with E-state index in [2.05, 4.69) is 10.3 Å². The first kappa shape index (κ1) is 7.97. The minimum absolute atomic E-state index is 0.393. The lowest BCUT2D eigenvalue weighted by molar-refractivity contribution is 0.433. The largest absolute Gasteiger partial charge is 0.505 e. The molecule has 1 aromatic heterocycles. The normalized spacial score (nSPS) is 10.9. The van der Waals surface area contributed by atoms with E-state index in [1.807, 2.05) is 6.92 Å². The molecule has 0 radical (unpaired) electrons. The van der Waals surface area contributed by atoms with E-state index in [1.165, 1.54) is 12.1 Å². The summed E-state index contributed by atoms with van der Waals surface area (Å²) in [6, 6.07) is 2.50. The van der Waals surface area contributed by atoms with Crippen molar-refractivity contribution in [3.8, 4) is 5.75 Å². The molecule has 0 unspecified atom stereocenters. The number of hydrogen-bond acceptors (Lipinski definition) is 3. The first-order valence-corrected chi connectivity index (χ1v) is 3.94. The second-order valence-electron chi connectivity index (χ2n) is 2.70. The molecule has 0 bridgehead atoms. The second-order valence-corrected chi connectivity index (χ2v) is 2.70. The molecule has 0 fully saturated rings. The number of hydrogen-bond donors (Lipinski definition) is 1. The van der Waals surface area contributed by atoms with Crippen molar-refractivity contribution < 1.29 is 9.50 Å². The van der Waals surface area contributed by atoms with Crippen LogP contribution in [0.25, 0.3) is 11.0 Å². The van der Waals surface area contributed by atoms with Crippen molar-refractivity contribution in [2.75, 3.05) is 0 Å². The number of phenols is 1. The standard InChI is InChI=1S/C8H8FN3O/c1-2-12-7-3-5(9)8(13)4-6(7)10-11-12/h3-4,13H,2H2,1H3. The molecule has 1 N–H and O–H groups in total. The number of aryl methyl sites for hydroxylation is 1. The van der Waals surface area contributed by atoms with Crippen LogP contribution >= 0.6 is 0 Å². The van der Waals surface area contributed by atoms with Crippen LogP contribution in [-0.2, 0) is 6.54 Å². The fourth-order valence-electron chi connectivity index (χ4n) is 1.21. The van der Waals surface area contributed by atoms with Crippen LogP contribution < -0.4 is 0 Å². The highest BCUT2D eigenvalue weighted by atomic mass is 19.1. The van der Waals surface area contributed by atoms with Gasteiger partial charge in [-0.2, -0.15) is 0 Å². The van der Waals surface area contributed by atoms with Gasteiger partial charge in [-0.05, 0) is 6.92 Å². The maximum absolute atomic E-state index is 12.9. The van der Waals surface area contributed by atoms with E-state index in [-0.39, 0.29) is 0 Å². The van der Waals surface area contributed by atoms with Gasteiger partial charge in [0.15, 0.2) is 11.6 Å². The van der Waals surface area contributed by atoms with Crippen molar-refractivity contribution >= 4 is 11.0 Å². The summed E-state index contributed by atoms with van der Waals surface area (Å²) in [5.74, 6) is -1.04. The summed E-state index contributed by atoms with van der Waals surface area (Å²) in [5.41, 5.74) is 1.10. The molecule has 0 aliphatic carbocycles. The maximum atomic E-state index is 12.9. The van der Waals surface area contributed by atoms with Gasteiger partial charge >= 0.3 is 0 Å². The first-order valence-electron chi connectivity index (χ1n) is 3.94. The van der Waals surface area contributed by atoms with Crippen molar-refractivity contribution in [1.82, 2.24) is 15.0 Å². The maximum Gasteiger partial charge on any atom is 0.167 e. The van der Waals surface area contributed by atoms with Gasteiger partial charge < -0.3 is 5.11 Å². The zero-order valence-electron chi connectivity index (χ0n) is 7.03. The first-order chi connectivity index (χ1) is 6.22. The number of fused-ring (bicyclic) bond motifs is 1. The predicted molar refractivity (Wildman–Crippen MR) is 44.8 cm³/mol. The van der Waals surface area contributed by atoms with Crippen LogP contribution in [0.1, 0.15) is 6.92 Å². The summed E-state index contributed by atoms with van der Waals surface area (Å²) in [5, 5.41) is 16.6. The van der Waals surface area contributed by atoms with Crippen LogP contribution in [-0.4, -0.2) is 20.1 Å². The Morgan fingerprint density at radius 1 is 1.54 bits per heavy atom. The van der Waals surface area contributed by atoms with Crippen molar-refractivity contribution in [3.63, 3.8) is 0 Å². The number of aromatic hydroxyl groups is 1. The molecule has 0 atom stereocenters. The lowest BCUT2D eigenvalue weighted by atomic mass is 10.3. The Bertz CT molecular complexity index is 452. The number of halogens is 1. The molecule has 13 heavy (non-hydrogen) atoms. The Morgan fingerprint density at radius 3 is 3.00 bits per heavy atom. The van der Waals surface area contributed by atoms with E-state index in [0.29, 0.717) is 17.6 Å². The van der Waals surface area contributed by atoms with Gasteiger partial charge in [0, 0.05) is 18.7 Å². The Balaban J connectivity index is 2.77. The highest BCUT2D eigenvalue weighted by Crippen LogP contribution is 2.21. The number of benzene rings is 1. The summed E-state index contributed by atoms with van der Waals surface area (Å²) < 4.78 is 14.5. The van der Waals surface area contributed by atoms with Gasteiger partial charge in [0.25, 0.3) is 0 Å². The topological polar surface area (TPSA) is 50.9 Å². The Hall–Kier alpha value is -1.65. The smallest absolute Gasteiger partial charge is 0.167 e. The Labute approximate surface area is 73.6 Å². The number of nitrogens with zero attached hydrogens (tertiary/aromatic N) is 3.